The molecule has 2 heteroatoms. The fourth-order valence-electron chi connectivity index (χ4n) is 2.93. The van der Waals surface area contributed by atoms with Crippen molar-refractivity contribution in [3.63, 3.8) is 0 Å². The van der Waals surface area contributed by atoms with Crippen molar-refractivity contribution in [1.29, 1.82) is 0 Å². The SMILES string of the molecule is CCNCc1ccccc1N(C)C1CCCCC1. The van der Waals surface area contributed by atoms with Crippen LogP contribution in [0.5, 0.6) is 0 Å². The second-order valence-electron chi connectivity index (χ2n) is 5.31. The maximum Gasteiger partial charge on any atom is 0.0411 e. The maximum absolute atomic E-state index is 3.44. The number of rotatable bonds is 5. The molecule has 1 fully saturated rings. The van der Waals surface area contributed by atoms with Crippen LogP contribution in [0.4, 0.5) is 5.69 Å². The predicted molar refractivity (Wildman–Crippen MR) is 79.1 cm³/mol. The molecule has 2 nitrogen and oxygen atoms in total. The van der Waals surface area contributed by atoms with E-state index < -0.39 is 0 Å². The van der Waals surface area contributed by atoms with Crippen LogP contribution in [0.15, 0.2) is 24.3 Å². The van der Waals surface area contributed by atoms with Gasteiger partial charge in [-0.2, -0.15) is 0 Å². The highest BCUT2D eigenvalue weighted by Gasteiger charge is 2.19. The molecule has 100 valence electrons. The molecular weight excluding hydrogens is 220 g/mol. The summed E-state index contributed by atoms with van der Waals surface area (Å²) in [5, 5.41) is 3.44. The van der Waals surface area contributed by atoms with Crippen LogP contribution in [0.25, 0.3) is 0 Å². The van der Waals surface area contributed by atoms with Crippen LogP contribution in [-0.2, 0) is 6.54 Å². The number of nitrogens with one attached hydrogen (secondary N) is 1. The van der Waals surface area contributed by atoms with Gasteiger partial charge in [0.25, 0.3) is 0 Å². The summed E-state index contributed by atoms with van der Waals surface area (Å²) in [6.07, 6.45) is 6.91. The average Bonchev–Trinajstić information content (AvgIpc) is 2.45. The Labute approximate surface area is 111 Å². The number of hydrogen-bond acceptors (Lipinski definition) is 2. The summed E-state index contributed by atoms with van der Waals surface area (Å²) in [4.78, 5) is 2.51. The lowest BCUT2D eigenvalue weighted by molar-refractivity contribution is 0.427. The van der Waals surface area contributed by atoms with Crippen LogP contribution in [-0.4, -0.2) is 19.6 Å². The molecular formula is C16H26N2. The van der Waals surface area contributed by atoms with Gasteiger partial charge in [0.05, 0.1) is 0 Å². The van der Waals surface area contributed by atoms with Gasteiger partial charge >= 0.3 is 0 Å². The molecule has 0 spiro atoms. The summed E-state index contributed by atoms with van der Waals surface area (Å²) in [5.74, 6) is 0. The van der Waals surface area contributed by atoms with Gasteiger partial charge in [-0.25, -0.2) is 0 Å². The normalized spacial score (nSPS) is 16.8. The fraction of sp³-hybridized carbons (Fsp3) is 0.625. The molecule has 0 radical (unpaired) electrons. The monoisotopic (exact) mass is 246 g/mol. The van der Waals surface area contributed by atoms with Crippen LogP contribution < -0.4 is 10.2 Å². The van der Waals surface area contributed by atoms with Gasteiger partial charge in [-0.15, -0.1) is 0 Å². The second-order valence-corrected chi connectivity index (χ2v) is 5.31. The summed E-state index contributed by atoms with van der Waals surface area (Å²) in [6.45, 7) is 4.17. The Hall–Kier alpha value is -1.02. The molecule has 1 aliphatic carbocycles. The quantitative estimate of drug-likeness (QED) is 0.854. The minimum absolute atomic E-state index is 0.738. The third-order valence-electron chi connectivity index (χ3n) is 4.06. The van der Waals surface area contributed by atoms with E-state index in [1.54, 1.807) is 0 Å². The Morgan fingerprint density at radius 3 is 2.61 bits per heavy atom. The van der Waals surface area contributed by atoms with E-state index in [9.17, 15) is 0 Å². The third kappa shape index (κ3) is 3.26. The van der Waals surface area contributed by atoms with Crippen molar-refractivity contribution in [3.8, 4) is 0 Å². The zero-order valence-electron chi connectivity index (χ0n) is 11.8. The molecule has 1 aliphatic rings. The largest absolute Gasteiger partial charge is 0.371 e. The Bertz CT molecular complexity index is 356. The molecule has 1 saturated carbocycles. The summed E-state index contributed by atoms with van der Waals surface area (Å²) < 4.78 is 0. The lowest BCUT2D eigenvalue weighted by Gasteiger charge is -2.34. The van der Waals surface area contributed by atoms with Gasteiger partial charge in [0.15, 0.2) is 0 Å². The van der Waals surface area contributed by atoms with Crippen molar-refractivity contribution in [2.45, 2.75) is 51.6 Å². The van der Waals surface area contributed by atoms with E-state index in [4.69, 9.17) is 0 Å². The van der Waals surface area contributed by atoms with Crippen molar-refractivity contribution < 1.29 is 0 Å². The number of para-hydroxylation sites is 1. The Balaban J connectivity index is 2.10. The van der Waals surface area contributed by atoms with E-state index in [1.165, 1.54) is 43.4 Å². The number of anilines is 1. The van der Waals surface area contributed by atoms with Gasteiger partial charge in [0.1, 0.15) is 0 Å². The highest BCUT2D eigenvalue weighted by atomic mass is 15.1. The van der Waals surface area contributed by atoms with Gasteiger partial charge in [-0.1, -0.05) is 44.4 Å². The molecule has 0 bridgehead atoms. The van der Waals surface area contributed by atoms with Crippen LogP contribution in [0.1, 0.15) is 44.6 Å². The Morgan fingerprint density at radius 1 is 1.17 bits per heavy atom. The van der Waals surface area contributed by atoms with Crippen LogP contribution in [0.3, 0.4) is 0 Å². The molecule has 0 amide bonds. The predicted octanol–water partition coefficient (Wildman–Crippen LogP) is 3.57. The third-order valence-corrected chi connectivity index (χ3v) is 4.06. The van der Waals surface area contributed by atoms with E-state index in [0.717, 1.165) is 19.1 Å². The topological polar surface area (TPSA) is 15.3 Å². The Kier molecular flexibility index (Phi) is 5.06. The lowest BCUT2D eigenvalue weighted by atomic mass is 9.94. The zero-order valence-corrected chi connectivity index (χ0v) is 11.8. The van der Waals surface area contributed by atoms with Gasteiger partial charge in [-0.3, -0.25) is 0 Å². The molecule has 1 aromatic carbocycles. The molecule has 1 N–H and O–H groups in total. The van der Waals surface area contributed by atoms with Crippen molar-refractivity contribution in [1.82, 2.24) is 5.32 Å². The molecule has 1 aromatic rings. The molecule has 18 heavy (non-hydrogen) atoms. The first-order chi connectivity index (χ1) is 8.83. The van der Waals surface area contributed by atoms with Crippen LogP contribution >= 0.6 is 0 Å². The maximum atomic E-state index is 3.44. The first kappa shape index (κ1) is 13.4. The minimum atomic E-state index is 0.738. The fourth-order valence-corrected chi connectivity index (χ4v) is 2.93. The highest BCUT2D eigenvalue weighted by molar-refractivity contribution is 5.53. The second kappa shape index (κ2) is 6.79. The standard InChI is InChI=1S/C16H26N2/c1-3-17-13-14-9-7-8-12-16(14)18(2)15-10-5-4-6-11-15/h7-9,12,15,17H,3-6,10-11,13H2,1-2H3. The van der Waals surface area contributed by atoms with Crippen molar-refractivity contribution in [2.75, 3.05) is 18.5 Å². The van der Waals surface area contributed by atoms with Crippen molar-refractivity contribution in [3.05, 3.63) is 29.8 Å². The first-order valence-corrected chi connectivity index (χ1v) is 7.34. The van der Waals surface area contributed by atoms with Crippen LogP contribution in [0, 0.1) is 0 Å². The molecule has 0 heterocycles. The van der Waals surface area contributed by atoms with E-state index in [1.807, 2.05) is 0 Å². The Morgan fingerprint density at radius 2 is 1.89 bits per heavy atom. The number of hydrogen-bond donors (Lipinski definition) is 1. The molecule has 0 atom stereocenters. The average molecular weight is 246 g/mol. The molecule has 2 rings (SSSR count). The van der Waals surface area contributed by atoms with E-state index in [2.05, 4.69) is 48.5 Å². The van der Waals surface area contributed by atoms with Gasteiger partial charge in [0, 0.05) is 25.3 Å². The van der Waals surface area contributed by atoms with Gasteiger partial charge in [-0.05, 0) is 31.0 Å². The highest BCUT2D eigenvalue weighted by Crippen LogP contribution is 2.28. The molecule has 0 saturated heterocycles. The van der Waals surface area contributed by atoms with Gasteiger partial charge in [0.2, 0.25) is 0 Å². The minimum Gasteiger partial charge on any atom is -0.371 e. The summed E-state index contributed by atoms with van der Waals surface area (Å²) in [6, 6.07) is 9.55. The number of benzene rings is 1. The zero-order chi connectivity index (χ0) is 12.8. The van der Waals surface area contributed by atoms with E-state index in [0.29, 0.717) is 0 Å². The molecule has 0 aromatic heterocycles. The first-order valence-electron chi connectivity index (χ1n) is 7.34. The van der Waals surface area contributed by atoms with Crippen molar-refractivity contribution in [2.24, 2.45) is 0 Å². The van der Waals surface area contributed by atoms with E-state index in [-0.39, 0.29) is 0 Å². The van der Waals surface area contributed by atoms with E-state index >= 15 is 0 Å². The summed E-state index contributed by atoms with van der Waals surface area (Å²) in [7, 11) is 2.26. The molecule has 0 aliphatic heterocycles. The van der Waals surface area contributed by atoms with Gasteiger partial charge < -0.3 is 10.2 Å². The lowest BCUT2D eigenvalue weighted by Crippen LogP contribution is -2.34. The molecule has 0 unspecified atom stereocenters. The summed E-state index contributed by atoms with van der Waals surface area (Å²) >= 11 is 0. The van der Waals surface area contributed by atoms with Crippen LogP contribution in [0.2, 0.25) is 0 Å². The smallest absolute Gasteiger partial charge is 0.0411 e. The number of nitrogens with zero attached hydrogens (tertiary/aromatic N) is 1. The van der Waals surface area contributed by atoms with Crippen molar-refractivity contribution >= 4 is 5.69 Å². The summed E-state index contributed by atoms with van der Waals surface area (Å²) in [5.41, 5.74) is 2.83.